The Kier molecular flexibility index (Phi) is 2.26. The fourth-order valence-electron chi connectivity index (χ4n) is 1.57. The molecule has 0 aromatic heterocycles. The first-order valence-electron chi connectivity index (χ1n) is 4.45. The van der Waals surface area contributed by atoms with Crippen LogP contribution in [0.1, 0.15) is 18.1 Å². The SMILES string of the molecule is NC(=O)OC1CCOc2ccccc21. The lowest BCUT2D eigenvalue weighted by atomic mass is 10.0. The van der Waals surface area contributed by atoms with Crippen LogP contribution in [0.2, 0.25) is 0 Å². The number of para-hydroxylation sites is 1. The Bertz CT molecular complexity index is 351. The molecule has 0 aliphatic carbocycles. The monoisotopic (exact) mass is 193 g/mol. The normalized spacial score (nSPS) is 19.3. The molecule has 0 spiro atoms. The van der Waals surface area contributed by atoms with Crippen LogP contribution in [0.15, 0.2) is 24.3 Å². The number of amides is 1. The van der Waals surface area contributed by atoms with Gasteiger partial charge < -0.3 is 15.2 Å². The summed E-state index contributed by atoms with van der Waals surface area (Å²) in [5.74, 6) is 0.769. The third kappa shape index (κ3) is 1.64. The summed E-state index contributed by atoms with van der Waals surface area (Å²) < 4.78 is 10.4. The average molecular weight is 193 g/mol. The number of hydrogen-bond donors (Lipinski definition) is 1. The van der Waals surface area contributed by atoms with Crippen molar-refractivity contribution in [3.05, 3.63) is 29.8 Å². The van der Waals surface area contributed by atoms with Crippen molar-refractivity contribution in [3.63, 3.8) is 0 Å². The molecule has 14 heavy (non-hydrogen) atoms. The molecule has 1 aromatic carbocycles. The first-order chi connectivity index (χ1) is 6.77. The van der Waals surface area contributed by atoms with Gasteiger partial charge in [0.25, 0.3) is 0 Å². The van der Waals surface area contributed by atoms with E-state index in [0.29, 0.717) is 13.0 Å². The molecule has 2 N–H and O–H groups in total. The molecule has 0 radical (unpaired) electrons. The number of nitrogens with two attached hydrogens (primary N) is 1. The molecule has 1 unspecified atom stereocenters. The summed E-state index contributed by atoms with van der Waals surface area (Å²) >= 11 is 0. The number of carbonyl (C=O) groups is 1. The lowest BCUT2D eigenvalue weighted by molar-refractivity contribution is 0.0765. The van der Waals surface area contributed by atoms with Crippen LogP contribution in [0.5, 0.6) is 5.75 Å². The van der Waals surface area contributed by atoms with E-state index in [1.54, 1.807) is 0 Å². The number of benzene rings is 1. The van der Waals surface area contributed by atoms with Crippen LogP contribution < -0.4 is 10.5 Å². The van der Waals surface area contributed by atoms with Gasteiger partial charge in [-0.1, -0.05) is 18.2 Å². The molecule has 0 bridgehead atoms. The Labute approximate surface area is 81.6 Å². The first kappa shape index (κ1) is 8.87. The number of carbonyl (C=O) groups excluding carboxylic acids is 1. The number of hydrogen-bond acceptors (Lipinski definition) is 3. The van der Waals surface area contributed by atoms with Crippen LogP contribution in [-0.2, 0) is 4.74 Å². The molecule has 1 amide bonds. The Hall–Kier alpha value is -1.71. The molecule has 2 rings (SSSR count). The van der Waals surface area contributed by atoms with Gasteiger partial charge in [0, 0.05) is 12.0 Å². The Balaban J connectivity index is 2.26. The quantitative estimate of drug-likeness (QED) is 0.736. The van der Waals surface area contributed by atoms with Gasteiger partial charge >= 0.3 is 6.09 Å². The zero-order valence-corrected chi connectivity index (χ0v) is 7.60. The van der Waals surface area contributed by atoms with Crippen molar-refractivity contribution in [3.8, 4) is 5.75 Å². The Morgan fingerprint density at radius 3 is 3.07 bits per heavy atom. The average Bonchev–Trinajstić information content (AvgIpc) is 2.18. The third-order valence-electron chi connectivity index (χ3n) is 2.16. The minimum absolute atomic E-state index is 0.266. The van der Waals surface area contributed by atoms with Crippen molar-refractivity contribution in [2.45, 2.75) is 12.5 Å². The standard InChI is InChI=1S/C10H11NO3/c11-10(12)14-9-5-6-13-8-4-2-1-3-7(8)9/h1-4,9H,5-6H2,(H2,11,12). The maximum Gasteiger partial charge on any atom is 0.405 e. The smallest absolute Gasteiger partial charge is 0.405 e. The minimum Gasteiger partial charge on any atom is -0.493 e. The van der Waals surface area contributed by atoms with Gasteiger partial charge in [0.05, 0.1) is 6.61 Å². The van der Waals surface area contributed by atoms with Gasteiger partial charge in [-0.3, -0.25) is 0 Å². The van der Waals surface area contributed by atoms with E-state index in [0.717, 1.165) is 11.3 Å². The predicted molar refractivity (Wildman–Crippen MR) is 50.0 cm³/mol. The van der Waals surface area contributed by atoms with Gasteiger partial charge in [-0.2, -0.15) is 0 Å². The summed E-state index contributed by atoms with van der Waals surface area (Å²) in [6, 6.07) is 7.49. The molecular formula is C10H11NO3. The van der Waals surface area contributed by atoms with Gasteiger partial charge in [-0.05, 0) is 6.07 Å². The molecule has 1 heterocycles. The van der Waals surface area contributed by atoms with Crippen molar-refractivity contribution < 1.29 is 14.3 Å². The second-order valence-electron chi connectivity index (χ2n) is 3.10. The fourth-order valence-corrected chi connectivity index (χ4v) is 1.57. The molecule has 4 heteroatoms. The van der Waals surface area contributed by atoms with Crippen molar-refractivity contribution in [2.24, 2.45) is 5.73 Å². The highest BCUT2D eigenvalue weighted by Gasteiger charge is 2.23. The Morgan fingerprint density at radius 2 is 2.29 bits per heavy atom. The van der Waals surface area contributed by atoms with Gasteiger partial charge in [-0.15, -0.1) is 0 Å². The van der Waals surface area contributed by atoms with E-state index >= 15 is 0 Å². The van der Waals surface area contributed by atoms with Gasteiger partial charge in [0.15, 0.2) is 0 Å². The van der Waals surface area contributed by atoms with Crippen LogP contribution in [0, 0.1) is 0 Å². The van der Waals surface area contributed by atoms with E-state index in [1.807, 2.05) is 24.3 Å². The number of ether oxygens (including phenoxy) is 2. The highest BCUT2D eigenvalue weighted by molar-refractivity contribution is 5.65. The van der Waals surface area contributed by atoms with Gasteiger partial charge in [0.1, 0.15) is 11.9 Å². The zero-order chi connectivity index (χ0) is 9.97. The second-order valence-corrected chi connectivity index (χ2v) is 3.10. The molecule has 74 valence electrons. The van der Waals surface area contributed by atoms with Gasteiger partial charge in [0.2, 0.25) is 0 Å². The molecular weight excluding hydrogens is 182 g/mol. The summed E-state index contributed by atoms with van der Waals surface area (Å²) in [6.07, 6.45) is -0.357. The van der Waals surface area contributed by atoms with E-state index in [2.05, 4.69) is 0 Å². The molecule has 0 saturated heterocycles. The molecule has 1 aliphatic rings. The van der Waals surface area contributed by atoms with Crippen molar-refractivity contribution >= 4 is 6.09 Å². The van der Waals surface area contributed by atoms with Crippen LogP contribution in [0.25, 0.3) is 0 Å². The Morgan fingerprint density at radius 1 is 1.50 bits per heavy atom. The summed E-state index contributed by atoms with van der Waals surface area (Å²) in [5.41, 5.74) is 5.87. The maximum absolute atomic E-state index is 10.6. The molecule has 1 aliphatic heterocycles. The summed E-state index contributed by atoms with van der Waals surface area (Å²) in [7, 11) is 0. The van der Waals surface area contributed by atoms with Crippen molar-refractivity contribution in [1.29, 1.82) is 0 Å². The summed E-state index contributed by atoms with van der Waals surface area (Å²) in [4.78, 5) is 10.6. The summed E-state index contributed by atoms with van der Waals surface area (Å²) in [6.45, 7) is 0.551. The third-order valence-corrected chi connectivity index (χ3v) is 2.16. The van der Waals surface area contributed by atoms with E-state index in [-0.39, 0.29) is 6.10 Å². The lowest BCUT2D eigenvalue weighted by Crippen LogP contribution is -2.22. The number of rotatable bonds is 1. The van der Waals surface area contributed by atoms with E-state index in [1.165, 1.54) is 0 Å². The van der Waals surface area contributed by atoms with Crippen LogP contribution in [0.3, 0.4) is 0 Å². The summed E-state index contributed by atoms with van der Waals surface area (Å²) in [5, 5.41) is 0. The van der Waals surface area contributed by atoms with Crippen LogP contribution >= 0.6 is 0 Å². The molecule has 1 atom stereocenters. The molecule has 1 aromatic rings. The fraction of sp³-hybridized carbons (Fsp3) is 0.300. The van der Waals surface area contributed by atoms with Crippen LogP contribution in [0.4, 0.5) is 4.79 Å². The zero-order valence-electron chi connectivity index (χ0n) is 7.60. The maximum atomic E-state index is 10.6. The van der Waals surface area contributed by atoms with Crippen molar-refractivity contribution in [1.82, 2.24) is 0 Å². The topological polar surface area (TPSA) is 61.6 Å². The van der Waals surface area contributed by atoms with E-state index < -0.39 is 6.09 Å². The second kappa shape index (κ2) is 3.57. The van der Waals surface area contributed by atoms with Crippen molar-refractivity contribution in [2.75, 3.05) is 6.61 Å². The largest absolute Gasteiger partial charge is 0.493 e. The minimum atomic E-state index is -0.744. The number of primary amides is 1. The van der Waals surface area contributed by atoms with E-state index in [4.69, 9.17) is 15.2 Å². The highest BCUT2D eigenvalue weighted by atomic mass is 16.6. The lowest BCUT2D eigenvalue weighted by Gasteiger charge is -2.24. The molecule has 0 fully saturated rings. The van der Waals surface area contributed by atoms with E-state index in [9.17, 15) is 4.79 Å². The predicted octanol–water partition coefficient (Wildman–Crippen LogP) is 1.61. The highest BCUT2D eigenvalue weighted by Crippen LogP contribution is 2.33. The van der Waals surface area contributed by atoms with Gasteiger partial charge in [-0.25, -0.2) is 4.79 Å². The molecule has 0 saturated carbocycles. The first-order valence-corrected chi connectivity index (χ1v) is 4.45. The molecule has 4 nitrogen and oxygen atoms in total. The number of fused-ring (bicyclic) bond motifs is 1. The van der Waals surface area contributed by atoms with Crippen LogP contribution in [-0.4, -0.2) is 12.7 Å².